The third-order valence-corrected chi connectivity index (χ3v) is 3.27. The fourth-order valence-electron chi connectivity index (χ4n) is 2.33. The van der Waals surface area contributed by atoms with Crippen LogP contribution in [0.3, 0.4) is 0 Å². The summed E-state index contributed by atoms with van der Waals surface area (Å²) >= 11 is 0. The molecule has 0 spiro atoms. The van der Waals surface area contributed by atoms with E-state index in [1.807, 2.05) is 37.3 Å². The van der Waals surface area contributed by atoms with Gasteiger partial charge in [-0.1, -0.05) is 30.3 Å². The third-order valence-electron chi connectivity index (χ3n) is 3.27. The zero-order valence-corrected chi connectivity index (χ0v) is 11.0. The van der Waals surface area contributed by atoms with Crippen molar-refractivity contribution in [2.45, 2.75) is 25.2 Å². The van der Waals surface area contributed by atoms with E-state index in [4.69, 9.17) is 15.6 Å². The second kappa shape index (κ2) is 6.14. The van der Waals surface area contributed by atoms with Gasteiger partial charge in [-0.3, -0.25) is 4.79 Å². The maximum Gasteiger partial charge on any atom is 0.244 e. The molecule has 1 aromatic carbocycles. The highest BCUT2D eigenvalue weighted by atomic mass is 16.5. The molecule has 1 aromatic rings. The first-order chi connectivity index (χ1) is 9.11. The summed E-state index contributed by atoms with van der Waals surface area (Å²) in [7, 11) is 0. The second-order valence-electron chi connectivity index (χ2n) is 4.88. The smallest absolute Gasteiger partial charge is 0.244 e. The van der Waals surface area contributed by atoms with Gasteiger partial charge in [0.1, 0.15) is 6.04 Å². The number of hydrogen-bond acceptors (Lipinski definition) is 4. The number of rotatable bonds is 3. The van der Waals surface area contributed by atoms with Gasteiger partial charge in [0.05, 0.1) is 18.8 Å². The monoisotopic (exact) mass is 264 g/mol. The van der Waals surface area contributed by atoms with Gasteiger partial charge >= 0.3 is 0 Å². The van der Waals surface area contributed by atoms with Gasteiger partial charge in [0.2, 0.25) is 5.91 Å². The van der Waals surface area contributed by atoms with E-state index >= 15 is 0 Å². The molecule has 5 nitrogen and oxygen atoms in total. The first kappa shape index (κ1) is 14.0. The zero-order valence-electron chi connectivity index (χ0n) is 11.0. The number of hydrogen-bond donors (Lipinski definition) is 2. The SMILES string of the molecule is CC1CN(C(=O)[C@@H](N)c2ccccc2)CC(CO)O1. The van der Waals surface area contributed by atoms with E-state index in [1.165, 1.54) is 0 Å². The minimum atomic E-state index is -0.661. The first-order valence-electron chi connectivity index (χ1n) is 6.47. The minimum absolute atomic E-state index is 0.0853. The molecule has 1 heterocycles. The number of amides is 1. The Hall–Kier alpha value is -1.43. The molecule has 1 saturated heterocycles. The van der Waals surface area contributed by atoms with Crippen LogP contribution in [-0.4, -0.2) is 47.8 Å². The predicted octanol–water partition coefficient (Wildman–Crippen LogP) is 0.295. The molecule has 1 fully saturated rings. The number of morpholine rings is 1. The largest absolute Gasteiger partial charge is 0.394 e. The summed E-state index contributed by atoms with van der Waals surface area (Å²) in [5.74, 6) is -0.125. The van der Waals surface area contributed by atoms with Crippen LogP contribution in [0.15, 0.2) is 30.3 Å². The van der Waals surface area contributed by atoms with Gasteiger partial charge in [-0.2, -0.15) is 0 Å². The Morgan fingerprint density at radius 1 is 1.47 bits per heavy atom. The van der Waals surface area contributed by atoms with Crippen molar-refractivity contribution in [2.75, 3.05) is 19.7 Å². The molecular weight excluding hydrogens is 244 g/mol. The van der Waals surface area contributed by atoms with Crippen LogP contribution in [0.5, 0.6) is 0 Å². The lowest BCUT2D eigenvalue weighted by molar-refractivity contribution is -0.148. The number of nitrogens with zero attached hydrogens (tertiary/aromatic N) is 1. The average Bonchev–Trinajstić information content (AvgIpc) is 2.46. The highest BCUT2D eigenvalue weighted by Gasteiger charge is 2.30. The van der Waals surface area contributed by atoms with Crippen molar-refractivity contribution in [3.05, 3.63) is 35.9 Å². The molecule has 0 bridgehead atoms. The Morgan fingerprint density at radius 2 is 2.16 bits per heavy atom. The molecule has 0 radical (unpaired) electrons. The van der Waals surface area contributed by atoms with Crippen LogP contribution >= 0.6 is 0 Å². The van der Waals surface area contributed by atoms with Crippen LogP contribution in [0.2, 0.25) is 0 Å². The van der Waals surface area contributed by atoms with Crippen molar-refractivity contribution in [2.24, 2.45) is 5.73 Å². The number of benzene rings is 1. The Bertz CT molecular complexity index is 424. The molecule has 1 aliphatic heterocycles. The third kappa shape index (κ3) is 3.32. The summed E-state index contributed by atoms with van der Waals surface area (Å²) in [6, 6.07) is 8.64. The topological polar surface area (TPSA) is 75.8 Å². The van der Waals surface area contributed by atoms with Crippen LogP contribution < -0.4 is 5.73 Å². The molecule has 104 valence electrons. The van der Waals surface area contributed by atoms with E-state index in [2.05, 4.69) is 0 Å². The fourth-order valence-corrected chi connectivity index (χ4v) is 2.33. The predicted molar refractivity (Wildman–Crippen MR) is 71.4 cm³/mol. The van der Waals surface area contributed by atoms with Crippen LogP contribution in [-0.2, 0) is 9.53 Å². The number of nitrogens with two attached hydrogens (primary N) is 1. The van der Waals surface area contributed by atoms with Gasteiger partial charge in [-0.25, -0.2) is 0 Å². The lowest BCUT2D eigenvalue weighted by atomic mass is 10.1. The van der Waals surface area contributed by atoms with Crippen LogP contribution in [0.25, 0.3) is 0 Å². The van der Waals surface area contributed by atoms with E-state index in [0.717, 1.165) is 5.56 Å². The van der Waals surface area contributed by atoms with E-state index in [-0.39, 0.29) is 24.7 Å². The molecule has 1 aliphatic rings. The Balaban J connectivity index is 2.06. The first-order valence-corrected chi connectivity index (χ1v) is 6.47. The molecule has 2 unspecified atom stereocenters. The highest BCUT2D eigenvalue weighted by Crippen LogP contribution is 2.17. The van der Waals surface area contributed by atoms with Crippen molar-refractivity contribution in [3.8, 4) is 0 Å². The lowest BCUT2D eigenvalue weighted by Gasteiger charge is -2.37. The number of ether oxygens (including phenoxy) is 1. The number of carbonyl (C=O) groups excluding carboxylic acids is 1. The van der Waals surface area contributed by atoms with Crippen LogP contribution in [0.4, 0.5) is 0 Å². The molecule has 0 aliphatic carbocycles. The summed E-state index contributed by atoms with van der Waals surface area (Å²) in [4.78, 5) is 14.0. The van der Waals surface area contributed by atoms with Crippen molar-refractivity contribution in [3.63, 3.8) is 0 Å². The number of aliphatic hydroxyl groups is 1. The maximum absolute atomic E-state index is 12.4. The second-order valence-corrected chi connectivity index (χ2v) is 4.88. The molecule has 1 amide bonds. The average molecular weight is 264 g/mol. The van der Waals surface area contributed by atoms with E-state index in [9.17, 15) is 4.79 Å². The van der Waals surface area contributed by atoms with Gasteiger partial charge in [0.15, 0.2) is 0 Å². The van der Waals surface area contributed by atoms with E-state index in [1.54, 1.807) is 4.90 Å². The molecule has 3 atom stereocenters. The summed E-state index contributed by atoms with van der Waals surface area (Å²) in [6.07, 6.45) is -0.409. The van der Waals surface area contributed by atoms with Crippen molar-refractivity contribution in [1.29, 1.82) is 0 Å². The van der Waals surface area contributed by atoms with Crippen molar-refractivity contribution < 1.29 is 14.6 Å². The Kier molecular flexibility index (Phi) is 4.52. The normalized spacial score (nSPS) is 25.1. The lowest BCUT2D eigenvalue weighted by Crippen LogP contribution is -2.52. The van der Waals surface area contributed by atoms with E-state index < -0.39 is 6.04 Å². The minimum Gasteiger partial charge on any atom is -0.394 e. The quantitative estimate of drug-likeness (QED) is 0.823. The maximum atomic E-state index is 12.4. The Labute approximate surface area is 113 Å². The van der Waals surface area contributed by atoms with E-state index in [0.29, 0.717) is 13.1 Å². The molecule has 0 aromatic heterocycles. The van der Waals surface area contributed by atoms with Gasteiger partial charge in [0, 0.05) is 13.1 Å². The molecule has 19 heavy (non-hydrogen) atoms. The fraction of sp³-hybridized carbons (Fsp3) is 0.500. The van der Waals surface area contributed by atoms with Crippen LogP contribution in [0, 0.1) is 0 Å². The van der Waals surface area contributed by atoms with Gasteiger partial charge in [-0.05, 0) is 12.5 Å². The standard InChI is InChI=1S/C14H20N2O3/c1-10-7-16(8-12(9-17)19-10)14(18)13(15)11-5-3-2-4-6-11/h2-6,10,12-13,17H,7-9,15H2,1H3/t10?,12?,13-/m0/s1. The zero-order chi connectivity index (χ0) is 13.8. The van der Waals surface area contributed by atoms with Crippen molar-refractivity contribution >= 4 is 5.91 Å². The highest BCUT2D eigenvalue weighted by molar-refractivity contribution is 5.83. The summed E-state index contributed by atoms with van der Waals surface area (Å²) in [6.45, 7) is 2.70. The summed E-state index contributed by atoms with van der Waals surface area (Å²) in [5.41, 5.74) is 6.81. The number of aliphatic hydroxyl groups excluding tert-OH is 1. The molecule has 3 N–H and O–H groups in total. The molecule has 2 rings (SSSR count). The summed E-state index contributed by atoms with van der Waals surface area (Å²) in [5, 5.41) is 9.17. The molecule has 0 saturated carbocycles. The van der Waals surface area contributed by atoms with Gasteiger partial charge in [-0.15, -0.1) is 0 Å². The number of carbonyl (C=O) groups is 1. The summed E-state index contributed by atoms with van der Waals surface area (Å²) < 4.78 is 5.52. The Morgan fingerprint density at radius 3 is 2.79 bits per heavy atom. The molecule has 5 heteroatoms. The van der Waals surface area contributed by atoms with Crippen LogP contribution in [0.1, 0.15) is 18.5 Å². The van der Waals surface area contributed by atoms with Gasteiger partial charge < -0.3 is 20.5 Å². The van der Waals surface area contributed by atoms with Gasteiger partial charge in [0.25, 0.3) is 0 Å². The van der Waals surface area contributed by atoms with Crippen molar-refractivity contribution in [1.82, 2.24) is 4.90 Å². The molecular formula is C14H20N2O3.